The maximum atomic E-state index is 11.1. The number of hydrogen-bond acceptors (Lipinski definition) is 5. The third kappa shape index (κ3) is 4.55. The Hall–Kier alpha value is -1.43. The van der Waals surface area contributed by atoms with E-state index in [1.165, 1.54) is 0 Å². The van der Waals surface area contributed by atoms with Gasteiger partial charge in [-0.25, -0.2) is 0 Å². The molecule has 1 aromatic rings. The molecule has 6 nitrogen and oxygen atoms in total. The van der Waals surface area contributed by atoms with Crippen LogP contribution in [0.5, 0.6) is 0 Å². The fourth-order valence-electron chi connectivity index (χ4n) is 1.09. The van der Waals surface area contributed by atoms with Gasteiger partial charge in [0, 0.05) is 26.4 Å². The quantitative estimate of drug-likeness (QED) is 0.648. The first-order valence-corrected chi connectivity index (χ1v) is 4.98. The molecule has 0 fully saturated rings. The van der Waals surface area contributed by atoms with Gasteiger partial charge in [0.05, 0.1) is 6.54 Å². The van der Waals surface area contributed by atoms with Crippen molar-refractivity contribution in [3.63, 3.8) is 0 Å². The van der Waals surface area contributed by atoms with Crippen molar-refractivity contribution in [2.24, 2.45) is 0 Å². The second-order valence-electron chi connectivity index (χ2n) is 3.10. The second-order valence-corrected chi connectivity index (χ2v) is 3.10. The van der Waals surface area contributed by atoms with Crippen LogP contribution in [0.3, 0.4) is 0 Å². The van der Waals surface area contributed by atoms with E-state index >= 15 is 0 Å². The molecule has 2 N–H and O–H groups in total. The molecular weight excluding hydrogens is 196 g/mol. The summed E-state index contributed by atoms with van der Waals surface area (Å²) in [5.74, 6) is 1.14. The van der Waals surface area contributed by atoms with Gasteiger partial charge in [-0.1, -0.05) is 0 Å². The molecule has 1 heterocycles. The van der Waals surface area contributed by atoms with Gasteiger partial charge in [-0.3, -0.25) is 4.79 Å². The van der Waals surface area contributed by atoms with Crippen molar-refractivity contribution < 1.29 is 9.21 Å². The van der Waals surface area contributed by atoms with E-state index in [0.717, 1.165) is 0 Å². The number of rotatable bonds is 6. The van der Waals surface area contributed by atoms with Gasteiger partial charge >= 0.3 is 0 Å². The van der Waals surface area contributed by atoms with E-state index < -0.39 is 0 Å². The van der Waals surface area contributed by atoms with E-state index in [1.54, 1.807) is 6.92 Å². The summed E-state index contributed by atoms with van der Waals surface area (Å²) in [6.07, 6.45) is 0.459. The Morgan fingerprint density at radius 3 is 2.87 bits per heavy atom. The molecule has 0 aliphatic carbocycles. The van der Waals surface area contributed by atoms with Gasteiger partial charge in [-0.15, -0.1) is 10.2 Å². The Bertz CT molecular complexity index is 311. The molecule has 0 saturated heterocycles. The lowest BCUT2D eigenvalue weighted by molar-refractivity contribution is -0.120. The summed E-state index contributed by atoms with van der Waals surface area (Å²) in [5.41, 5.74) is 0. The summed E-state index contributed by atoms with van der Waals surface area (Å²) in [5, 5.41) is 13.3. The van der Waals surface area contributed by atoms with Crippen LogP contribution in [0.25, 0.3) is 0 Å². The fourth-order valence-corrected chi connectivity index (χ4v) is 1.09. The van der Waals surface area contributed by atoms with Gasteiger partial charge in [0.15, 0.2) is 0 Å². The van der Waals surface area contributed by atoms with E-state index in [9.17, 15) is 4.79 Å². The zero-order valence-corrected chi connectivity index (χ0v) is 9.04. The molecule has 1 amide bonds. The minimum absolute atomic E-state index is 0.0479. The van der Waals surface area contributed by atoms with Crippen LogP contribution < -0.4 is 10.6 Å². The van der Waals surface area contributed by atoms with Crippen molar-refractivity contribution in [3.8, 4) is 0 Å². The largest absolute Gasteiger partial charge is 0.424 e. The average Bonchev–Trinajstić information content (AvgIpc) is 2.60. The number of aromatic nitrogens is 2. The summed E-state index contributed by atoms with van der Waals surface area (Å²) in [6, 6.07) is 0. The van der Waals surface area contributed by atoms with Crippen LogP contribution in [0.15, 0.2) is 4.42 Å². The van der Waals surface area contributed by atoms with Crippen LogP contribution in [-0.4, -0.2) is 29.2 Å². The maximum absolute atomic E-state index is 11.1. The molecule has 84 valence electrons. The van der Waals surface area contributed by atoms with Gasteiger partial charge in [0.25, 0.3) is 0 Å². The third-order valence-corrected chi connectivity index (χ3v) is 1.75. The lowest BCUT2D eigenvalue weighted by atomic mass is 10.4. The highest BCUT2D eigenvalue weighted by Gasteiger charge is 2.02. The lowest BCUT2D eigenvalue weighted by Gasteiger charge is -2.02. The van der Waals surface area contributed by atoms with Gasteiger partial charge in [0.2, 0.25) is 17.7 Å². The van der Waals surface area contributed by atoms with Crippen LogP contribution >= 0.6 is 0 Å². The molecule has 0 aliphatic rings. The Balaban J connectivity index is 2.09. The van der Waals surface area contributed by atoms with Crippen molar-refractivity contribution in [2.75, 3.05) is 13.1 Å². The van der Waals surface area contributed by atoms with Crippen molar-refractivity contribution in [1.82, 2.24) is 20.8 Å². The van der Waals surface area contributed by atoms with Gasteiger partial charge in [-0.05, 0) is 6.92 Å². The molecule has 0 spiro atoms. The summed E-state index contributed by atoms with van der Waals surface area (Å²) in [6.45, 7) is 5.41. The van der Waals surface area contributed by atoms with E-state index in [1.807, 2.05) is 6.92 Å². The highest BCUT2D eigenvalue weighted by atomic mass is 16.4. The van der Waals surface area contributed by atoms with E-state index in [2.05, 4.69) is 20.8 Å². The van der Waals surface area contributed by atoms with Crippen molar-refractivity contribution >= 4 is 5.91 Å². The first-order chi connectivity index (χ1) is 7.22. The zero-order chi connectivity index (χ0) is 11.1. The summed E-state index contributed by atoms with van der Waals surface area (Å²) >= 11 is 0. The number of hydrogen-bond donors (Lipinski definition) is 2. The fraction of sp³-hybridized carbons (Fsp3) is 0.667. The molecule has 0 atom stereocenters. The number of amides is 1. The van der Waals surface area contributed by atoms with Gasteiger partial charge < -0.3 is 15.1 Å². The van der Waals surface area contributed by atoms with Crippen molar-refractivity contribution in [2.45, 2.75) is 26.8 Å². The highest BCUT2D eigenvalue weighted by Crippen LogP contribution is 1.96. The lowest BCUT2D eigenvalue weighted by Crippen LogP contribution is -2.27. The van der Waals surface area contributed by atoms with Crippen LogP contribution in [-0.2, 0) is 11.3 Å². The molecular formula is C9H16N4O2. The molecule has 0 aliphatic heterocycles. The molecule has 0 bridgehead atoms. The molecule has 1 rings (SSSR count). The number of nitrogens with zero attached hydrogens (tertiary/aromatic N) is 2. The summed E-state index contributed by atoms with van der Waals surface area (Å²) in [4.78, 5) is 11.1. The highest BCUT2D eigenvalue weighted by molar-refractivity contribution is 5.75. The molecule has 0 saturated carbocycles. The first-order valence-electron chi connectivity index (χ1n) is 4.98. The molecule has 1 aromatic heterocycles. The molecule has 0 unspecified atom stereocenters. The minimum Gasteiger partial charge on any atom is -0.424 e. The number of aryl methyl sites for hydroxylation is 1. The predicted molar refractivity (Wildman–Crippen MR) is 54.0 cm³/mol. The van der Waals surface area contributed by atoms with E-state index in [-0.39, 0.29) is 5.91 Å². The molecule has 0 aromatic carbocycles. The van der Waals surface area contributed by atoms with Crippen LogP contribution in [0, 0.1) is 6.92 Å². The van der Waals surface area contributed by atoms with E-state index in [0.29, 0.717) is 37.8 Å². The standard InChI is InChI=1S/C9H16N4O2/c1-3-11-8(14)4-5-10-6-9-13-12-7(2)15-9/h10H,3-6H2,1-2H3,(H,11,14). The first kappa shape index (κ1) is 11.6. The molecule has 6 heteroatoms. The maximum Gasteiger partial charge on any atom is 0.230 e. The zero-order valence-electron chi connectivity index (χ0n) is 9.04. The van der Waals surface area contributed by atoms with Crippen LogP contribution in [0.1, 0.15) is 25.1 Å². The monoisotopic (exact) mass is 212 g/mol. The Morgan fingerprint density at radius 1 is 1.47 bits per heavy atom. The average molecular weight is 212 g/mol. The predicted octanol–water partition coefficient (Wildman–Crippen LogP) is -0.00618. The SMILES string of the molecule is CCNC(=O)CCNCc1nnc(C)o1. The van der Waals surface area contributed by atoms with Crippen LogP contribution in [0.2, 0.25) is 0 Å². The Morgan fingerprint density at radius 2 is 2.27 bits per heavy atom. The minimum atomic E-state index is 0.0479. The van der Waals surface area contributed by atoms with Crippen molar-refractivity contribution in [1.29, 1.82) is 0 Å². The smallest absolute Gasteiger partial charge is 0.230 e. The van der Waals surface area contributed by atoms with Crippen molar-refractivity contribution in [3.05, 3.63) is 11.8 Å². The molecule has 15 heavy (non-hydrogen) atoms. The normalized spacial score (nSPS) is 10.3. The van der Waals surface area contributed by atoms with E-state index in [4.69, 9.17) is 4.42 Å². The third-order valence-electron chi connectivity index (χ3n) is 1.75. The van der Waals surface area contributed by atoms with Gasteiger partial charge in [0.1, 0.15) is 0 Å². The summed E-state index contributed by atoms with van der Waals surface area (Å²) < 4.78 is 5.15. The Labute approximate surface area is 88.4 Å². The van der Waals surface area contributed by atoms with Gasteiger partial charge in [-0.2, -0.15) is 0 Å². The Kier molecular flexibility index (Phi) is 4.76. The number of nitrogens with one attached hydrogen (secondary N) is 2. The number of carbonyl (C=O) groups is 1. The second kappa shape index (κ2) is 6.13. The summed E-state index contributed by atoms with van der Waals surface area (Å²) in [7, 11) is 0. The number of carbonyl (C=O) groups excluding carboxylic acids is 1. The van der Waals surface area contributed by atoms with Crippen LogP contribution in [0.4, 0.5) is 0 Å². The topological polar surface area (TPSA) is 80.0 Å². The molecule has 0 radical (unpaired) electrons.